The summed E-state index contributed by atoms with van der Waals surface area (Å²) in [5.74, 6) is -0.601. The topological polar surface area (TPSA) is 251 Å². The summed E-state index contributed by atoms with van der Waals surface area (Å²) >= 11 is 11.5. The summed E-state index contributed by atoms with van der Waals surface area (Å²) in [5.41, 5.74) is 6.71. The smallest absolute Gasteiger partial charge is 0.857 e. The summed E-state index contributed by atoms with van der Waals surface area (Å²) in [6, 6.07) is 24.8. The Morgan fingerprint density at radius 1 is 0.600 bits per heavy atom. The van der Waals surface area contributed by atoms with Crippen LogP contribution in [0.15, 0.2) is 116 Å². The van der Waals surface area contributed by atoms with Crippen molar-refractivity contribution in [3.63, 3.8) is 0 Å². The van der Waals surface area contributed by atoms with Gasteiger partial charge in [-0.05, 0) is 84.3 Å². The second-order valence-corrected chi connectivity index (χ2v) is 16.0. The minimum atomic E-state index is -1.67. The van der Waals surface area contributed by atoms with E-state index in [9.17, 15) is 19.2 Å². The number of benzene rings is 1. The summed E-state index contributed by atoms with van der Waals surface area (Å²) in [5, 5.41) is 20.4. The van der Waals surface area contributed by atoms with Gasteiger partial charge >= 0.3 is 47.5 Å². The number of nitrogens with one attached hydrogen (secondary N) is 1. The first-order valence-corrected chi connectivity index (χ1v) is 23.3. The fourth-order valence-electron chi connectivity index (χ4n) is 4.86. The van der Waals surface area contributed by atoms with Gasteiger partial charge in [0.2, 0.25) is 9.23 Å². The molecule has 0 aliphatic rings. The van der Waals surface area contributed by atoms with Gasteiger partial charge < -0.3 is 39.2 Å². The number of pyridine rings is 5. The van der Waals surface area contributed by atoms with E-state index in [-0.39, 0.29) is 54.0 Å². The first kappa shape index (κ1) is 65.0. The Morgan fingerprint density at radius 3 is 1.37 bits per heavy atom. The third-order valence-corrected chi connectivity index (χ3v) is 8.58. The number of hydrogen-bond donors (Lipinski definition) is 2. The molecule has 0 saturated heterocycles. The van der Waals surface area contributed by atoms with E-state index in [1.807, 2.05) is 30.3 Å². The minimum absolute atomic E-state index is 0. The molecule has 370 valence electrons. The largest absolute Gasteiger partial charge is 1.00 e. The number of ether oxygens (including phenoxy) is 5. The van der Waals surface area contributed by atoms with Crippen molar-refractivity contribution in [1.29, 1.82) is 0 Å². The standard InChI is InChI=1S/C20H18ClN3O2.C9H11NO3.C8H8ClNO2.C8H9NO3.CH3O.Cl2OS.Na/c1-26-13-18-7-6-16(12-22-18)20(25)24-19-8-5-15(11-23-19)9-14-3-2-4-17(21)10-14;1-12-6-8-4-3-7(5-10-8)9(11)13-2;1-12-8(11)6-2-3-7(4-9)10-5-6;1-12-8(11)6-2-3-7(5-10)9-4-6;1-2;1-4(2)3;/h2-8,10-12H,9,13H2,1H3,(H,23,24,25);3-5H,6H2,1-2H3;2-3,5H,4H2,1H3;2-4,10H,5H2,1H3;1H3;;/q;;;;-1;;+1. The number of aliphatic hydroxyl groups excluding tert-OH is 1. The van der Waals surface area contributed by atoms with Gasteiger partial charge in [0.1, 0.15) is 5.82 Å². The summed E-state index contributed by atoms with van der Waals surface area (Å²) in [7, 11) is 15.3. The van der Waals surface area contributed by atoms with Crippen molar-refractivity contribution in [3.8, 4) is 0 Å². The predicted octanol–water partition coefficient (Wildman–Crippen LogP) is 4.12. The van der Waals surface area contributed by atoms with Gasteiger partial charge in [-0.25, -0.2) is 23.6 Å². The van der Waals surface area contributed by atoms with Gasteiger partial charge in [-0.3, -0.25) is 24.7 Å². The van der Waals surface area contributed by atoms with Crippen molar-refractivity contribution in [2.24, 2.45) is 0 Å². The monoisotopic (exact) mass is 1070 g/mol. The van der Waals surface area contributed by atoms with Gasteiger partial charge in [0.05, 0.1) is 92.1 Å². The zero-order valence-electron chi connectivity index (χ0n) is 39.1. The molecule has 0 aliphatic carbocycles. The summed E-state index contributed by atoms with van der Waals surface area (Å²) in [4.78, 5) is 65.3. The predicted molar refractivity (Wildman–Crippen MR) is 260 cm³/mol. The second-order valence-electron chi connectivity index (χ2n) is 12.8. The van der Waals surface area contributed by atoms with Gasteiger partial charge in [0.15, 0.2) is 0 Å². The molecule has 0 atom stereocenters. The van der Waals surface area contributed by atoms with Crippen molar-refractivity contribution in [2.75, 3.05) is 48.0 Å². The van der Waals surface area contributed by atoms with Gasteiger partial charge in [-0.1, -0.05) is 29.8 Å². The number of aliphatic hydroxyl groups is 1. The molecule has 0 aliphatic heterocycles. The number of hydrogen-bond acceptors (Lipinski definition) is 17. The Bertz CT molecular complexity index is 2390. The van der Waals surface area contributed by atoms with Crippen LogP contribution >= 0.6 is 44.6 Å². The fraction of sp³-hybridized carbons (Fsp3) is 0.239. The van der Waals surface area contributed by atoms with Gasteiger partial charge in [0, 0.05) is 71.6 Å². The number of carbonyl (C=O) groups excluding carboxylic acids is 4. The van der Waals surface area contributed by atoms with Crippen molar-refractivity contribution < 1.29 is 86.8 Å². The van der Waals surface area contributed by atoms with Crippen molar-refractivity contribution in [3.05, 3.63) is 177 Å². The maximum Gasteiger partial charge on any atom is 1.00 e. The molecule has 24 heteroatoms. The molecule has 0 spiro atoms. The van der Waals surface area contributed by atoms with Gasteiger partial charge in [-0.15, -0.1) is 11.6 Å². The molecule has 6 rings (SSSR count). The molecule has 0 radical (unpaired) electrons. The molecule has 0 fully saturated rings. The molecule has 0 bridgehead atoms. The van der Waals surface area contributed by atoms with E-state index in [0.29, 0.717) is 57.9 Å². The van der Waals surface area contributed by atoms with Crippen LogP contribution in [0.5, 0.6) is 0 Å². The fourth-order valence-corrected chi connectivity index (χ4v) is 5.23. The first-order chi connectivity index (χ1) is 33.2. The number of esters is 3. The van der Waals surface area contributed by atoms with Crippen LogP contribution in [0.1, 0.15) is 75.3 Å². The van der Waals surface area contributed by atoms with E-state index in [1.54, 1.807) is 75.0 Å². The number of carbonyl (C=O) groups is 4. The zero-order chi connectivity index (χ0) is 51.6. The normalized spacial score (nSPS) is 9.56. The second kappa shape index (κ2) is 38.7. The zero-order valence-corrected chi connectivity index (χ0v) is 44.9. The van der Waals surface area contributed by atoms with Gasteiger partial charge in [0.25, 0.3) is 5.91 Å². The van der Waals surface area contributed by atoms with Crippen LogP contribution in [-0.4, -0.2) is 101 Å². The molecule has 5 aromatic heterocycles. The molecule has 70 heavy (non-hydrogen) atoms. The maximum absolute atomic E-state index is 12.3. The van der Waals surface area contributed by atoms with Crippen LogP contribution in [-0.2, 0) is 65.0 Å². The van der Waals surface area contributed by atoms with Crippen LogP contribution in [0.4, 0.5) is 5.82 Å². The molecule has 6 aromatic rings. The Hall–Kier alpha value is -5.00. The number of aromatic nitrogens is 5. The number of methoxy groups -OCH3 is 5. The third-order valence-electron chi connectivity index (χ3n) is 8.07. The average Bonchev–Trinajstić information content (AvgIpc) is 3.38. The van der Waals surface area contributed by atoms with Crippen LogP contribution in [0, 0.1) is 0 Å². The van der Waals surface area contributed by atoms with Crippen LogP contribution in [0.3, 0.4) is 0 Å². The van der Waals surface area contributed by atoms with Crippen molar-refractivity contribution >= 4 is 83.4 Å². The summed E-state index contributed by atoms with van der Waals surface area (Å²) < 4.78 is 32.5. The molecule has 0 unspecified atom stereocenters. The summed E-state index contributed by atoms with van der Waals surface area (Å²) in [6.45, 7) is 0.737. The quantitative estimate of drug-likeness (QED) is 0.0542. The Balaban J connectivity index is 0.000000923. The SMILES string of the molecule is COC(=O)c1ccc(CCl)nc1.COC(=O)c1ccc(CO)nc1.COCc1ccc(C(=O)Nc2ccc(Cc3cccc(Cl)c3)cn2)cn1.COCc1ccc(C(=O)OC)cn1.C[O-].O=S(Cl)Cl.[Na+]. The first-order valence-electron chi connectivity index (χ1n) is 19.6. The molecule has 1 amide bonds. The Morgan fingerprint density at radius 2 is 1.03 bits per heavy atom. The maximum atomic E-state index is 12.3. The molecule has 5 heterocycles. The Kier molecular flexibility index (Phi) is 36.0. The molecule has 2 N–H and O–H groups in total. The third kappa shape index (κ3) is 26.8. The number of nitrogens with zero attached hydrogens (tertiary/aromatic N) is 5. The molecule has 1 aromatic carbocycles. The van der Waals surface area contributed by atoms with E-state index < -0.39 is 15.2 Å². The van der Waals surface area contributed by atoms with E-state index in [4.69, 9.17) is 47.1 Å². The van der Waals surface area contributed by atoms with E-state index in [0.717, 1.165) is 41.7 Å². The Labute approximate surface area is 449 Å². The minimum Gasteiger partial charge on any atom is -0.857 e. The molecule has 18 nitrogen and oxygen atoms in total. The number of rotatable bonds is 13. The van der Waals surface area contributed by atoms with Crippen LogP contribution < -0.4 is 40.0 Å². The van der Waals surface area contributed by atoms with E-state index in [2.05, 4.69) is 65.8 Å². The number of alkyl halides is 1. The summed E-state index contributed by atoms with van der Waals surface area (Å²) in [6.07, 6.45) is 8.29. The number of amides is 1. The van der Waals surface area contributed by atoms with Crippen LogP contribution in [0.25, 0.3) is 0 Å². The van der Waals surface area contributed by atoms with E-state index in [1.165, 1.54) is 46.1 Å². The number of halogens is 4. The van der Waals surface area contributed by atoms with Gasteiger partial charge in [-0.2, -0.15) is 7.11 Å². The number of anilines is 1. The average molecular weight is 1070 g/mol. The van der Waals surface area contributed by atoms with Crippen LogP contribution in [0.2, 0.25) is 5.02 Å². The van der Waals surface area contributed by atoms with Crippen molar-refractivity contribution in [1.82, 2.24) is 24.9 Å². The van der Waals surface area contributed by atoms with E-state index >= 15 is 0 Å². The molecular formula is C46H49Cl4N6NaO12S. The molecular weight excluding hydrogens is 1030 g/mol. The van der Waals surface area contributed by atoms with Crippen molar-refractivity contribution in [2.45, 2.75) is 32.1 Å². The molecule has 0 saturated carbocycles.